The molecule has 0 saturated carbocycles. The number of methoxy groups -OCH3 is 1. The van der Waals surface area contributed by atoms with Gasteiger partial charge < -0.3 is 15.8 Å². The third kappa shape index (κ3) is 7.77. The predicted molar refractivity (Wildman–Crippen MR) is 66.1 cm³/mol. The Morgan fingerprint density at radius 1 is 1.27 bits per heavy atom. The van der Waals surface area contributed by atoms with E-state index in [2.05, 4.69) is 19.2 Å². The molecule has 0 saturated heterocycles. The van der Waals surface area contributed by atoms with Crippen molar-refractivity contribution in [2.24, 2.45) is 5.73 Å². The summed E-state index contributed by atoms with van der Waals surface area (Å²) in [5.74, 6) is 0. The zero-order valence-corrected chi connectivity index (χ0v) is 10.6. The molecule has 0 aromatic carbocycles. The second-order valence-electron chi connectivity index (χ2n) is 4.50. The van der Waals surface area contributed by atoms with Gasteiger partial charge in [0.25, 0.3) is 0 Å². The van der Waals surface area contributed by atoms with Crippen molar-refractivity contribution < 1.29 is 4.74 Å². The SMILES string of the molecule is CCCCCCC(C)(CN)NCCOC. The maximum atomic E-state index is 5.80. The molecule has 0 aromatic rings. The van der Waals surface area contributed by atoms with Gasteiger partial charge in [0.05, 0.1) is 6.61 Å². The molecule has 0 fully saturated rings. The van der Waals surface area contributed by atoms with Crippen molar-refractivity contribution in [2.45, 2.75) is 51.5 Å². The molecule has 3 nitrogen and oxygen atoms in total. The number of hydrogen-bond acceptors (Lipinski definition) is 3. The summed E-state index contributed by atoms with van der Waals surface area (Å²) >= 11 is 0. The molecule has 92 valence electrons. The summed E-state index contributed by atoms with van der Waals surface area (Å²) in [7, 11) is 1.72. The van der Waals surface area contributed by atoms with E-state index in [1.54, 1.807) is 7.11 Å². The number of unbranched alkanes of at least 4 members (excludes halogenated alkanes) is 3. The molecule has 0 bridgehead atoms. The second-order valence-corrected chi connectivity index (χ2v) is 4.50. The molecule has 1 atom stereocenters. The van der Waals surface area contributed by atoms with Crippen molar-refractivity contribution >= 4 is 0 Å². The molecule has 3 N–H and O–H groups in total. The zero-order valence-electron chi connectivity index (χ0n) is 10.6. The van der Waals surface area contributed by atoms with Crippen molar-refractivity contribution in [1.29, 1.82) is 0 Å². The minimum absolute atomic E-state index is 0.0896. The normalized spacial score (nSPS) is 15.2. The highest BCUT2D eigenvalue weighted by atomic mass is 16.5. The highest BCUT2D eigenvalue weighted by molar-refractivity contribution is 4.83. The first-order valence-corrected chi connectivity index (χ1v) is 6.12. The maximum absolute atomic E-state index is 5.80. The van der Waals surface area contributed by atoms with Crippen LogP contribution in [0.1, 0.15) is 46.0 Å². The average Bonchev–Trinajstić information content (AvgIpc) is 2.25. The highest BCUT2D eigenvalue weighted by Gasteiger charge is 2.20. The molecule has 0 heterocycles. The molecule has 0 aliphatic carbocycles. The summed E-state index contributed by atoms with van der Waals surface area (Å²) in [5, 5.41) is 3.47. The Morgan fingerprint density at radius 2 is 2.00 bits per heavy atom. The number of ether oxygens (including phenoxy) is 1. The van der Waals surface area contributed by atoms with Gasteiger partial charge in [0.2, 0.25) is 0 Å². The topological polar surface area (TPSA) is 47.3 Å². The fourth-order valence-corrected chi connectivity index (χ4v) is 1.66. The van der Waals surface area contributed by atoms with Crippen molar-refractivity contribution in [1.82, 2.24) is 5.32 Å². The van der Waals surface area contributed by atoms with Crippen LogP contribution in [0.5, 0.6) is 0 Å². The summed E-state index contributed by atoms with van der Waals surface area (Å²) in [6.07, 6.45) is 6.36. The quantitative estimate of drug-likeness (QED) is 0.548. The van der Waals surface area contributed by atoms with Crippen LogP contribution in [0.2, 0.25) is 0 Å². The van der Waals surface area contributed by atoms with Crippen molar-refractivity contribution in [3.8, 4) is 0 Å². The van der Waals surface area contributed by atoms with Gasteiger partial charge in [-0.05, 0) is 13.3 Å². The molecule has 0 rings (SSSR count). The van der Waals surface area contributed by atoms with Gasteiger partial charge in [0.1, 0.15) is 0 Å². The van der Waals surface area contributed by atoms with E-state index in [4.69, 9.17) is 10.5 Å². The molecule has 0 aromatic heterocycles. The Labute approximate surface area is 94.8 Å². The Bertz CT molecular complexity index is 142. The lowest BCUT2D eigenvalue weighted by molar-refractivity contribution is 0.184. The van der Waals surface area contributed by atoms with E-state index in [9.17, 15) is 0 Å². The predicted octanol–water partition coefficient (Wildman–Crippen LogP) is 1.91. The molecule has 3 heteroatoms. The minimum Gasteiger partial charge on any atom is -0.383 e. The van der Waals surface area contributed by atoms with E-state index in [1.165, 1.54) is 25.7 Å². The summed E-state index contributed by atoms with van der Waals surface area (Å²) in [4.78, 5) is 0. The van der Waals surface area contributed by atoms with Crippen LogP contribution in [0.15, 0.2) is 0 Å². The lowest BCUT2D eigenvalue weighted by Gasteiger charge is -2.29. The molecular weight excluding hydrogens is 188 g/mol. The van der Waals surface area contributed by atoms with E-state index in [-0.39, 0.29) is 5.54 Å². The Kier molecular flexibility index (Phi) is 9.06. The van der Waals surface area contributed by atoms with E-state index in [0.717, 1.165) is 19.6 Å². The number of nitrogens with one attached hydrogen (secondary N) is 1. The first kappa shape index (κ1) is 14.9. The average molecular weight is 216 g/mol. The van der Waals surface area contributed by atoms with E-state index in [1.807, 2.05) is 0 Å². The van der Waals surface area contributed by atoms with Gasteiger partial charge in [-0.2, -0.15) is 0 Å². The van der Waals surface area contributed by atoms with Gasteiger partial charge in [0, 0.05) is 25.7 Å². The largest absolute Gasteiger partial charge is 0.383 e. The van der Waals surface area contributed by atoms with Gasteiger partial charge in [0.15, 0.2) is 0 Å². The summed E-state index contributed by atoms with van der Waals surface area (Å²) < 4.78 is 5.02. The van der Waals surface area contributed by atoms with Crippen LogP contribution >= 0.6 is 0 Å². The van der Waals surface area contributed by atoms with Crippen LogP contribution in [0.25, 0.3) is 0 Å². The molecule has 0 spiro atoms. The van der Waals surface area contributed by atoms with Gasteiger partial charge in [-0.1, -0.05) is 32.6 Å². The van der Waals surface area contributed by atoms with Crippen LogP contribution in [0.4, 0.5) is 0 Å². The lowest BCUT2D eigenvalue weighted by atomic mass is 9.94. The molecule has 15 heavy (non-hydrogen) atoms. The van der Waals surface area contributed by atoms with Gasteiger partial charge in [-0.15, -0.1) is 0 Å². The van der Waals surface area contributed by atoms with Gasteiger partial charge in [-0.3, -0.25) is 0 Å². The van der Waals surface area contributed by atoms with Crippen LogP contribution < -0.4 is 11.1 Å². The van der Waals surface area contributed by atoms with Crippen molar-refractivity contribution in [2.75, 3.05) is 26.8 Å². The van der Waals surface area contributed by atoms with Crippen molar-refractivity contribution in [3.05, 3.63) is 0 Å². The monoisotopic (exact) mass is 216 g/mol. The Morgan fingerprint density at radius 3 is 2.53 bits per heavy atom. The van der Waals surface area contributed by atoms with Crippen molar-refractivity contribution in [3.63, 3.8) is 0 Å². The molecule has 0 aliphatic heterocycles. The number of rotatable bonds is 10. The van der Waals surface area contributed by atoms with Gasteiger partial charge in [-0.25, -0.2) is 0 Å². The van der Waals surface area contributed by atoms with E-state index >= 15 is 0 Å². The fraction of sp³-hybridized carbons (Fsp3) is 1.00. The van der Waals surface area contributed by atoms with Crippen LogP contribution in [0, 0.1) is 0 Å². The summed E-state index contributed by atoms with van der Waals surface area (Å²) in [6.45, 7) is 6.78. The first-order chi connectivity index (χ1) is 7.18. The molecule has 0 radical (unpaired) electrons. The van der Waals surface area contributed by atoms with Crippen LogP contribution in [-0.4, -0.2) is 32.3 Å². The smallest absolute Gasteiger partial charge is 0.0587 e. The minimum atomic E-state index is 0.0896. The lowest BCUT2D eigenvalue weighted by Crippen LogP contribution is -2.49. The molecule has 1 unspecified atom stereocenters. The van der Waals surface area contributed by atoms with Crippen LogP contribution in [-0.2, 0) is 4.74 Å². The molecular formula is C12H28N2O. The summed E-state index contributed by atoms with van der Waals surface area (Å²) in [5.41, 5.74) is 5.89. The zero-order chi connectivity index (χ0) is 11.6. The second kappa shape index (κ2) is 9.13. The first-order valence-electron chi connectivity index (χ1n) is 6.12. The molecule has 0 amide bonds. The fourth-order valence-electron chi connectivity index (χ4n) is 1.66. The number of hydrogen-bond donors (Lipinski definition) is 2. The number of nitrogens with two attached hydrogens (primary N) is 1. The third-order valence-electron chi connectivity index (χ3n) is 2.89. The Hall–Kier alpha value is -0.120. The third-order valence-corrected chi connectivity index (χ3v) is 2.89. The van der Waals surface area contributed by atoms with Crippen LogP contribution in [0.3, 0.4) is 0 Å². The molecule has 0 aliphatic rings. The van der Waals surface area contributed by atoms with E-state index in [0.29, 0.717) is 6.54 Å². The van der Waals surface area contributed by atoms with Gasteiger partial charge >= 0.3 is 0 Å². The van der Waals surface area contributed by atoms with E-state index < -0.39 is 0 Å². The standard InChI is InChI=1S/C12H28N2O/c1-4-5-6-7-8-12(2,11-13)14-9-10-15-3/h14H,4-11,13H2,1-3H3. The maximum Gasteiger partial charge on any atom is 0.0587 e. The highest BCUT2D eigenvalue weighted by Crippen LogP contribution is 2.13. The summed E-state index contributed by atoms with van der Waals surface area (Å²) in [6, 6.07) is 0. The Balaban J connectivity index is 3.65.